The molecule has 2 aliphatic rings. The Hall–Kier alpha value is -2.62. The van der Waals surface area contributed by atoms with Crippen LogP contribution in [-0.4, -0.2) is 82.7 Å². The quantitative estimate of drug-likeness (QED) is 0.641. The SMILES string of the molecule is Cc1nc2nnc3ccc(C(=O)NCCN4CCOCC4)cc3c2n1CC1CCCO1. The van der Waals surface area contributed by atoms with Crippen LogP contribution in [0.1, 0.15) is 29.0 Å². The lowest BCUT2D eigenvalue weighted by molar-refractivity contribution is 0.0383. The Morgan fingerprint density at radius 1 is 1.23 bits per heavy atom. The van der Waals surface area contributed by atoms with E-state index in [-0.39, 0.29) is 12.0 Å². The minimum atomic E-state index is -0.0814. The van der Waals surface area contributed by atoms with Gasteiger partial charge in [0.1, 0.15) is 5.82 Å². The molecule has 9 heteroatoms. The maximum atomic E-state index is 12.8. The second-order valence-corrected chi connectivity index (χ2v) is 8.22. The van der Waals surface area contributed by atoms with Crippen LogP contribution in [0.25, 0.3) is 22.1 Å². The zero-order valence-electron chi connectivity index (χ0n) is 17.8. The molecule has 2 aromatic heterocycles. The molecule has 4 heterocycles. The fourth-order valence-corrected chi connectivity index (χ4v) is 4.41. The Labute approximate surface area is 180 Å². The highest BCUT2D eigenvalue weighted by Crippen LogP contribution is 2.26. The number of benzene rings is 1. The molecule has 164 valence electrons. The van der Waals surface area contributed by atoms with Crippen molar-refractivity contribution in [3.8, 4) is 0 Å². The molecule has 1 amide bonds. The number of aromatic nitrogens is 4. The summed E-state index contributed by atoms with van der Waals surface area (Å²) in [7, 11) is 0. The van der Waals surface area contributed by atoms with E-state index in [1.54, 1.807) is 6.07 Å². The highest BCUT2D eigenvalue weighted by atomic mass is 16.5. The van der Waals surface area contributed by atoms with Gasteiger partial charge in [0.2, 0.25) is 5.65 Å². The van der Waals surface area contributed by atoms with Gasteiger partial charge < -0.3 is 19.4 Å². The maximum absolute atomic E-state index is 12.8. The third-order valence-corrected chi connectivity index (χ3v) is 6.13. The van der Waals surface area contributed by atoms with Gasteiger partial charge in [-0.2, -0.15) is 0 Å². The first-order valence-electron chi connectivity index (χ1n) is 11.0. The summed E-state index contributed by atoms with van der Waals surface area (Å²) < 4.78 is 13.4. The molecule has 0 spiro atoms. The number of rotatable bonds is 6. The molecule has 9 nitrogen and oxygen atoms in total. The van der Waals surface area contributed by atoms with Gasteiger partial charge in [0.25, 0.3) is 5.91 Å². The van der Waals surface area contributed by atoms with Crippen LogP contribution in [0.4, 0.5) is 0 Å². The molecule has 0 bridgehead atoms. The van der Waals surface area contributed by atoms with Crippen LogP contribution >= 0.6 is 0 Å². The monoisotopic (exact) mass is 424 g/mol. The number of imidazole rings is 1. The Balaban J connectivity index is 1.39. The highest BCUT2D eigenvalue weighted by Gasteiger charge is 2.21. The van der Waals surface area contributed by atoms with Crippen molar-refractivity contribution in [2.75, 3.05) is 46.0 Å². The Kier molecular flexibility index (Phi) is 5.80. The van der Waals surface area contributed by atoms with E-state index in [9.17, 15) is 4.79 Å². The number of aryl methyl sites for hydroxylation is 1. The van der Waals surface area contributed by atoms with E-state index in [2.05, 4.69) is 30.0 Å². The zero-order valence-corrected chi connectivity index (χ0v) is 17.8. The Morgan fingerprint density at radius 2 is 2.10 bits per heavy atom. The van der Waals surface area contributed by atoms with Gasteiger partial charge in [-0.25, -0.2) is 4.98 Å². The summed E-state index contributed by atoms with van der Waals surface area (Å²) in [6, 6.07) is 5.57. The van der Waals surface area contributed by atoms with Crippen molar-refractivity contribution in [2.24, 2.45) is 0 Å². The lowest BCUT2D eigenvalue weighted by Gasteiger charge is -2.26. The molecule has 1 N–H and O–H groups in total. The van der Waals surface area contributed by atoms with Crippen LogP contribution in [0, 0.1) is 6.92 Å². The Morgan fingerprint density at radius 3 is 2.90 bits per heavy atom. The van der Waals surface area contributed by atoms with Crippen LogP contribution in [0.3, 0.4) is 0 Å². The van der Waals surface area contributed by atoms with Crippen LogP contribution in [-0.2, 0) is 16.0 Å². The summed E-state index contributed by atoms with van der Waals surface area (Å²) in [6.45, 7) is 8.30. The number of fused-ring (bicyclic) bond motifs is 3. The fraction of sp³-hybridized carbons (Fsp3) is 0.545. The number of nitrogens with one attached hydrogen (secondary N) is 1. The molecule has 0 radical (unpaired) electrons. The van der Waals surface area contributed by atoms with E-state index in [0.29, 0.717) is 17.8 Å². The third kappa shape index (κ3) is 4.26. The predicted molar refractivity (Wildman–Crippen MR) is 116 cm³/mol. The van der Waals surface area contributed by atoms with E-state index in [4.69, 9.17) is 9.47 Å². The molecule has 1 unspecified atom stereocenters. The van der Waals surface area contributed by atoms with E-state index in [0.717, 1.165) is 81.1 Å². The normalized spacial score (nSPS) is 20.0. The molecule has 31 heavy (non-hydrogen) atoms. The van der Waals surface area contributed by atoms with Gasteiger partial charge in [0.15, 0.2) is 0 Å². The number of carbonyl (C=O) groups is 1. The summed E-state index contributed by atoms with van der Waals surface area (Å²) in [5.41, 5.74) is 2.89. The fourth-order valence-electron chi connectivity index (χ4n) is 4.41. The van der Waals surface area contributed by atoms with Crippen LogP contribution in [0.15, 0.2) is 18.2 Å². The topological polar surface area (TPSA) is 94.4 Å². The molecule has 2 fully saturated rings. The van der Waals surface area contributed by atoms with Crippen LogP contribution < -0.4 is 5.32 Å². The van der Waals surface area contributed by atoms with Crippen LogP contribution in [0.5, 0.6) is 0 Å². The summed E-state index contributed by atoms with van der Waals surface area (Å²) in [5.74, 6) is 0.801. The summed E-state index contributed by atoms with van der Waals surface area (Å²) in [6.07, 6.45) is 2.32. The van der Waals surface area contributed by atoms with Crippen molar-refractivity contribution in [2.45, 2.75) is 32.4 Å². The Bertz CT molecular complexity index is 1090. The van der Waals surface area contributed by atoms with Gasteiger partial charge in [-0.15, -0.1) is 10.2 Å². The average Bonchev–Trinajstić information content (AvgIpc) is 3.42. The zero-order chi connectivity index (χ0) is 21.2. The van der Waals surface area contributed by atoms with Gasteiger partial charge in [-0.1, -0.05) is 0 Å². The largest absolute Gasteiger partial charge is 0.379 e. The molecule has 1 atom stereocenters. The molecular formula is C22H28N6O3. The number of amides is 1. The van der Waals surface area contributed by atoms with Gasteiger partial charge in [-0.3, -0.25) is 9.69 Å². The molecular weight excluding hydrogens is 396 g/mol. The van der Waals surface area contributed by atoms with Crippen LogP contribution in [0.2, 0.25) is 0 Å². The number of morpholine rings is 1. The van der Waals surface area contributed by atoms with Gasteiger partial charge in [0, 0.05) is 43.7 Å². The third-order valence-electron chi connectivity index (χ3n) is 6.13. The van der Waals surface area contributed by atoms with Crippen molar-refractivity contribution in [3.63, 3.8) is 0 Å². The number of nitrogens with zero attached hydrogens (tertiary/aromatic N) is 5. The van der Waals surface area contributed by atoms with Gasteiger partial charge in [0.05, 0.1) is 36.9 Å². The molecule has 1 aromatic carbocycles. The first kappa shape index (κ1) is 20.3. The van der Waals surface area contributed by atoms with Crippen molar-refractivity contribution >= 4 is 28.0 Å². The van der Waals surface area contributed by atoms with Crippen molar-refractivity contribution < 1.29 is 14.3 Å². The first-order valence-corrected chi connectivity index (χ1v) is 11.0. The molecule has 3 aromatic rings. The van der Waals surface area contributed by atoms with Gasteiger partial charge in [-0.05, 0) is 38.0 Å². The van der Waals surface area contributed by atoms with E-state index in [1.807, 2.05) is 19.1 Å². The standard InChI is InChI=1S/C22H28N6O3/c1-15-24-21-20(28(15)14-17-3-2-10-31-17)18-13-16(4-5-19(18)25-26-21)22(29)23-6-7-27-8-11-30-12-9-27/h4-5,13,17H,2-3,6-12,14H2,1H3,(H,23,29). The summed E-state index contributed by atoms with van der Waals surface area (Å²) in [4.78, 5) is 19.7. The molecule has 0 aliphatic carbocycles. The molecule has 5 rings (SSSR count). The maximum Gasteiger partial charge on any atom is 0.251 e. The van der Waals surface area contributed by atoms with Crippen molar-refractivity contribution in [1.29, 1.82) is 0 Å². The first-order chi connectivity index (χ1) is 15.2. The molecule has 2 saturated heterocycles. The van der Waals surface area contributed by atoms with Gasteiger partial charge >= 0.3 is 0 Å². The number of hydrogen-bond donors (Lipinski definition) is 1. The number of ether oxygens (including phenoxy) is 2. The average molecular weight is 425 g/mol. The van der Waals surface area contributed by atoms with E-state index >= 15 is 0 Å². The lowest BCUT2D eigenvalue weighted by atomic mass is 10.1. The van der Waals surface area contributed by atoms with Crippen molar-refractivity contribution in [3.05, 3.63) is 29.6 Å². The lowest BCUT2D eigenvalue weighted by Crippen LogP contribution is -2.41. The smallest absolute Gasteiger partial charge is 0.251 e. The molecule has 2 aliphatic heterocycles. The minimum absolute atomic E-state index is 0.0814. The summed E-state index contributed by atoms with van der Waals surface area (Å²) >= 11 is 0. The number of carbonyl (C=O) groups excluding carboxylic acids is 1. The van der Waals surface area contributed by atoms with E-state index < -0.39 is 0 Å². The van der Waals surface area contributed by atoms with E-state index in [1.165, 1.54) is 0 Å². The molecule has 0 saturated carbocycles. The predicted octanol–water partition coefficient (Wildman–Crippen LogP) is 1.53. The second kappa shape index (κ2) is 8.86. The minimum Gasteiger partial charge on any atom is -0.379 e. The second-order valence-electron chi connectivity index (χ2n) is 8.22. The summed E-state index contributed by atoms with van der Waals surface area (Å²) in [5, 5.41) is 12.5. The highest BCUT2D eigenvalue weighted by molar-refractivity contribution is 6.05. The van der Waals surface area contributed by atoms with Crippen molar-refractivity contribution in [1.82, 2.24) is 30.0 Å². The number of hydrogen-bond acceptors (Lipinski definition) is 7.